The van der Waals surface area contributed by atoms with Crippen LogP contribution in [-0.4, -0.2) is 48.0 Å². The summed E-state index contributed by atoms with van der Waals surface area (Å²) in [7, 11) is 0. The maximum absolute atomic E-state index is 12.4. The molecular formula is C21H26F2N6O2. The number of hydrogen-bond acceptors (Lipinski definition) is 7. The van der Waals surface area contributed by atoms with E-state index in [1.54, 1.807) is 23.3 Å². The lowest BCUT2D eigenvalue weighted by atomic mass is 10.2. The van der Waals surface area contributed by atoms with Crippen LogP contribution in [0.25, 0.3) is 0 Å². The van der Waals surface area contributed by atoms with Gasteiger partial charge in [-0.05, 0) is 36.2 Å². The first-order chi connectivity index (χ1) is 15.0. The molecule has 2 aromatic rings. The zero-order valence-electron chi connectivity index (χ0n) is 17.2. The number of aliphatic imine (C=N–C) groups is 1. The van der Waals surface area contributed by atoms with E-state index < -0.39 is 6.61 Å². The number of amidine groups is 1. The molecule has 2 heterocycles. The predicted octanol–water partition coefficient (Wildman–Crippen LogP) is 2.93. The Morgan fingerprint density at radius 1 is 1.23 bits per heavy atom. The maximum atomic E-state index is 12.4. The molecule has 31 heavy (non-hydrogen) atoms. The zero-order chi connectivity index (χ0) is 22.1. The highest BCUT2D eigenvalue weighted by molar-refractivity contribution is 5.88. The molecule has 0 fully saturated rings. The molecule has 0 radical (unpaired) electrons. The highest BCUT2D eigenvalue weighted by atomic mass is 19.3. The summed E-state index contributed by atoms with van der Waals surface area (Å²) in [6, 6.07) is 11.9. The first-order valence-corrected chi connectivity index (χ1v) is 10.1. The second-order valence-corrected chi connectivity index (χ2v) is 6.85. The van der Waals surface area contributed by atoms with Gasteiger partial charge in [-0.2, -0.15) is 8.78 Å². The van der Waals surface area contributed by atoms with Crippen LogP contribution in [0.2, 0.25) is 0 Å². The van der Waals surface area contributed by atoms with Crippen molar-refractivity contribution in [2.45, 2.75) is 32.5 Å². The van der Waals surface area contributed by atoms with E-state index in [4.69, 9.17) is 0 Å². The number of nitrogens with one attached hydrogen (secondary N) is 3. The minimum atomic E-state index is -2.86. The predicted molar refractivity (Wildman–Crippen MR) is 114 cm³/mol. The van der Waals surface area contributed by atoms with Crippen LogP contribution >= 0.6 is 0 Å². The Kier molecular flexibility index (Phi) is 8.11. The van der Waals surface area contributed by atoms with E-state index >= 15 is 0 Å². The SMILES string of the molecule is CCCC1=NC(c2ccc(OC(F)F)cc2)NN1CC(=O)NCCNc1ccccn1. The van der Waals surface area contributed by atoms with Crippen molar-refractivity contribution in [2.24, 2.45) is 4.99 Å². The van der Waals surface area contributed by atoms with E-state index in [9.17, 15) is 13.6 Å². The number of nitrogens with zero attached hydrogens (tertiary/aromatic N) is 3. The Morgan fingerprint density at radius 3 is 2.71 bits per heavy atom. The molecule has 1 atom stereocenters. The molecule has 10 heteroatoms. The number of rotatable bonds is 11. The van der Waals surface area contributed by atoms with Gasteiger partial charge in [0.1, 0.15) is 30.1 Å². The molecule has 1 unspecified atom stereocenters. The molecule has 1 aromatic carbocycles. The second kappa shape index (κ2) is 11.2. The van der Waals surface area contributed by atoms with Gasteiger partial charge in [-0.3, -0.25) is 9.80 Å². The number of carbonyl (C=O) groups is 1. The van der Waals surface area contributed by atoms with Crippen LogP contribution in [0.3, 0.4) is 0 Å². The van der Waals surface area contributed by atoms with E-state index in [1.165, 1.54) is 12.1 Å². The van der Waals surface area contributed by atoms with E-state index in [0.717, 1.165) is 23.6 Å². The van der Waals surface area contributed by atoms with Crippen LogP contribution in [0.5, 0.6) is 5.75 Å². The van der Waals surface area contributed by atoms with Gasteiger partial charge in [0.25, 0.3) is 0 Å². The molecule has 166 valence electrons. The molecule has 3 N–H and O–H groups in total. The van der Waals surface area contributed by atoms with Crippen molar-refractivity contribution in [1.29, 1.82) is 0 Å². The van der Waals surface area contributed by atoms with Crippen LogP contribution in [-0.2, 0) is 4.79 Å². The number of benzene rings is 1. The van der Waals surface area contributed by atoms with Crippen LogP contribution < -0.4 is 20.8 Å². The normalized spacial score (nSPS) is 15.7. The van der Waals surface area contributed by atoms with Crippen molar-refractivity contribution in [3.05, 3.63) is 54.2 Å². The Bertz CT molecular complexity index is 864. The smallest absolute Gasteiger partial charge is 0.387 e. The van der Waals surface area contributed by atoms with Gasteiger partial charge >= 0.3 is 6.61 Å². The molecule has 0 saturated heterocycles. The van der Waals surface area contributed by atoms with Gasteiger partial charge in [0.15, 0.2) is 0 Å². The molecule has 3 rings (SSSR count). The molecule has 1 aliphatic heterocycles. The summed E-state index contributed by atoms with van der Waals surface area (Å²) >= 11 is 0. The number of ether oxygens (including phenoxy) is 1. The third kappa shape index (κ3) is 6.88. The lowest BCUT2D eigenvalue weighted by Crippen LogP contribution is -2.45. The summed E-state index contributed by atoms with van der Waals surface area (Å²) in [6.07, 6.45) is 2.90. The summed E-state index contributed by atoms with van der Waals surface area (Å²) in [4.78, 5) is 21.2. The molecule has 0 aliphatic carbocycles. The standard InChI is InChI=1S/C21H26F2N6O2/c1-2-5-18-27-20(15-7-9-16(10-8-15)31-21(22)23)28-29(18)14-19(30)26-13-12-25-17-6-3-4-11-24-17/h3-4,6-11,20-21,28H,2,5,12-14H2,1H3,(H,24,25)(H,26,30). The Labute approximate surface area is 179 Å². The first kappa shape index (κ1) is 22.4. The Morgan fingerprint density at radius 2 is 2.03 bits per heavy atom. The molecule has 1 aromatic heterocycles. The monoisotopic (exact) mass is 432 g/mol. The minimum Gasteiger partial charge on any atom is -0.435 e. The van der Waals surface area contributed by atoms with Gasteiger partial charge in [0.2, 0.25) is 5.91 Å². The van der Waals surface area contributed by atoms with E-state index in [-0.39, 0.29) is 24.4 Å². The topological polar surface area (TPSA) is 90.9 Å². The summed E-state index contributed by atoms with van der Waals surface area (Å²) in [5.41, 5.74) is 3.99. The molecule has 1 amide bonds. The van der Waals surface area contributed by atoms with Crippen LogP contribution in [0.1, 0.15) is 31.5 Å². The average Bonchev–Trinajstić information content (AvgIpc) is 3.14. The number of amides is 1. The molecule has 0 bridgehead atoms. The van der Waals surface area contributed by atoms with Gasteiger partial charge in [-0.15, -0.1) is 0 Å². The number of pyridine rings is 1. The van der Waals surface area contributed by atoms with Crippen molar-refractivity contribution >= 4 is 17.6 Å². The molecule has 1 aliphatic rings. The highest BCUT2D eigenvalue weighted by Gasteiger charge is 2.26. The first-order valence-electron chi connectivity index (χ1n) is 10.1. The number of aromatic nitrogens is 1. The van der Waals surface area contributed by atoms with Gasteiger partial charge in [0.05, 0.1) is 0 Å². The molecular weight excluding hydrogens is 406 g/mol. The fourth-order valence-corrected chi connectivity index (χ4v) is 3.07. The fraction of sp³-hybridized carbons (Fsp3) is 0.381. The van der Waals surface area contributed by atoms with Crippen molar-refractivity contribution in [1.82, 2.24) is 20.7 Å². The minimum absolute atomic E-state index is 0.0880. The number of halogens is 2. The maximum Gasteiger partial charge on any atom is 0.387 e. The Hall–Kier alpha value is -3.27. The van der Waals surface area contributed by atoms with Gasteiger partial charge < -0.3 is 15.4 Å². The van der Waals surface area contributed by atoms with Crippen LogP contribution in [0.15, 0.2) is 53.7 Å². The lowest BCUT2D eigenvalue weighted by molar-refractivity contribution is -0.121. The number of alkyl halides is 2. The second-order valence-electron chi connectivity index (χ2n) is 6.85. The largest absolute Gasteiger partial charge is 0.435 e. The van der Waals surface area contributed by atoms with Crippen molar-refractivity contribution < 1.29 is 18.3 Å². The van der Waals surface area contributed by atoms with Crippen LogP contribution in [0, 0.1) is 0 Å². The van der Waals surface area contributed by atoms with E-state index in [1.807, 2.05) is 25.1 Å². The average molecular weight is 432 g/mol. The Balaban J connectivity index is 1.50. The van der Waals surface area contributed by atoms with Crippen molar-refractivity contribution in [3.8, 4) is 5.75 Å². The molecule has 0 spiro atoms. The summed E-state index contributed by atoms with van der Waals surface area (Å²) in [6.45, 7) is 0.303. The van der Waals surface area contributed by atoms with Gasteiger partial charge in [0, 0.05) is 25.7 Å². The quantitative estimate of drug-likeness (QED) is 0.473. The molecule has 0 saturated carbocycles. The van der Waals surface area contributed by atoms with Crippen LogP contribution in [0.4, 0.5) is 14.6 Å². The van der Waals surface area contributed by atoms with E-state index in [2.05, 4.69) is 30.8 Å². The highest BCUT2D eigenvalue weighted by Crippen LogP contribution is 2.24. The van der Waals surface area contributed by atoms with Crippen molar-refractivity contribution in [3.63, 3.8) is 0 Å². The van der Waals surface area contributed by atoms with Gasteiger partial charge in [-0.1, -0.05) is 25.1 Å². The fourth-order valence-electron chi connectivity index (χ4n) is 3.07. The summed E-state index contributed by atoms with van der Waals surface area (Å²) in [5, 5.41) is 7.74. The van der Waals surface area contributed by atoms with E-state index in [0.29, 0.717) is 19.5 Å². The number of hydrazine groups is 1. The number of anilines is 1. The van der Waals surface area contributed by atoms with Gasteiger partial charge in [-0.25, -0.2) is 15.4 Å². The third-order valence-electron chi connectivity index (χ3n) is 4.48. The summed E-state index contributed by atoms with van der Waals surface area (Å²) < 4.78 is 29.0. The van der Waals surface area contributed by atoms with Crippen molar-refractivity contribution in [2.75, 3.05) is 25.0 Å². The number of carbonyl (C=O) groups excluding carboxylic acids is 1. The molecule has 8 nitrogen and oxygen atoms in total. The lowest BCUT2D eigenvalue weighted by Gasteiger charge is -2.21. The zero-order valence-corrected chi connectivity index (χ0v) is 17.2. The third-order valence-corrected chi connectivity index (χ3v) is 4.48. The number of hydrogen-bond donors (Lipinski definition) is 3. The summed E-state index contributed by atoms with van der Waals surface area (Å²) in [5.74, 6) is 1.48.